The molecule has 92 valence electrons. The van der Waals surface area contributed by atoms with Gasteiger partial charge in [0.1, 0.15) is 11.9 Å². The summed E-state index contributed by atoms with van der Waals surface area (Å²) in [6.45, 7) is 5.02. The van der Waals surface area contributed by atoms with E-state index in [2.05, 4.69) is 10.5 Å². The molecule has 2 aromatic heterocycles. The fraction of sp³-hybridized carbons (Fsp3) is 0.417. The molecule has 4 nitrogen and oxygen atoms in total. The van der Waals surface area contributed by atoms with E-state index in [9.17, 15) is 5.11 Å². The molecule has 17 heavy (non-hydrogen) atoms. The van der Waals surface area contributed by atoms with Crippen molar-refractivity contribution < 1.29 is 9.63 Å². The molecule has 2 aromatic rings. The Morgan fingerprint density at radius 2 is 2.35 bits per heavy atom. The Balaban J connectivity index is 1.84. The highest BCUT2D eigenvalue weighted by Crippen LogP contribution is 2.18. The maximum atomic E-state index is 9.89. The van der Waals surface area contributed by atoms with Crippen LogP contribution in [0.1, 0.15) is 28.0 Å². The Labute approximate surface area is 104 Å². The lowest BCUT2D eigenvalue weighted by Crippen LogP contribution is -2.21. The average Bonchev–Trinajstić information content (AvgIpc) is 2.93. The van der Waals surface area contributed by atoms with Crippen molar-refractivity contribution in [3.05, 3.63) is 39.4 Å². The number of aryl methyl sites for hydroxylation is 2. The van der Waals surface area contributed by atoms with E-state index in [1.165, 1.54) is 0 Å². The van der Waals surface area contributed by atoms with Crippen LogP contribution in [0.2, 0.25) is 0 Å². The lowest BCUT2D eigenvalue weighted by atomic mass is 10.2. The molecule has 0 amide bonds. The maximum Gasteiger partial charge on any atom is 0.138 e. The first-order chi connectivity index (χ1) is 8.18. The molecular formula is C12H16N2O2S. The summed E-state index contributed by atoms with van der Waals surface area (Å²) in [6.07, 6.45) is -0.449. The molecule has 0 radical (unpaired) electrons. The Morgan fingerprint density at radius 3 is 2.94 bits per heavy atom. The van der Waals surface area contributed by atoms with Crippen LogP contribution in [0.25, 0.3) is 0 Å². The third-order valence-electron chi connectivity index (χ3n) is 2.69. The first-order valence-corrected chi connectivity index (χ1v) is 6.40. The summed E-state index contributed by atoms with van der Waals surface area (Å²) >= 11 is 1.56. The molecule has 0 aliphatic carbocycles. The van der Waals surface area contributed by atoms with Crippen molar-refractivity contribution in [2.75, 3.05) is 6.54 Å². The summed E-state index contributed by atoms with van der Waals surface area (Å²) in [5.41, 5.74) is 1.98. The van der Waals surface area contributed by atoms with Gasteiger partial charge in [-0.15, -0.1) is 11.3 Å². The molecule has 0 aromatic carbocycles. The molecule has 2 heterocycles. The van der Waals surface area contributed by atoms with Gasteiger partial charge in [-0.05, 0) is 25.3 Å². The zero-order valence-electron chi connectivity index (χ0n) is 9.93. The fourth-order valence-electron chi connectivity index (χ4n) is 1.67. The first kappa shape index (κ1) is 12.3. The second-order valence-electron chi connectivity index (χ2n) is 3.96. The molecule has 0 aliphatic heterocycles. The topological polar surface area (TPSA) is 58.3 Å². The first-order valence-electron chi connectivity index (χ1n) is 5.52. The number of nitrogens with one attached hydrogen (secondary N) is 1. The number of rotatable bonds is 5. The van der Waals surface area contributed by atoms with Crippen molar-refractivity contribution >= 4 is 11.3 Å². The zero-order valence-corrected chi connectivity index (χ0v) is 10.8. The highest BCUT2D eigenvalue weighted by atomic mass is 32.1. The standard InChI is InChI=1S/C12H16N2O2S/c1-8-10(9(2)16-14-8)6-13-7-11(15)12-4-3-5-17-12/h3-5,11,13,15H,6-7H2,1-2H3. The van der Waals surface area contributed by atoms with E-state index < -0.39 is 6.10 Å². The Morgan fingerprint density at radius 1 is 1.53 bits per heavy atom. The van der Waals surface area contributed by atoms with Gasteiger partial charge in [0.25, 0.3) is 0 Å². The quantitative estimate of drug-likeness (QED) is 0.856. The number of nitrogens with zero attached hydrogens (tertiary/aromatic N) is 1. The molecular weight excluding hydrogens is 236 g/mol. The highest BCUT2D eigenvalue weighted by Gasteiger charge is 2.11. The zero-order chi connectivity index (χ0) is 12.3. The number of aromatic nitrogens is 1. The van der Waals surface area contributed by atoms with E-state index in [1.807, 2.05) is 31.4 Å². The van der Waals surface area contributed by atoms with Crippen LogP contribution < -0.4 is 5.32 Å². The second kappa shape index (κ2) is 5.44. The summed E-state index contributed by atoms with van der Waals surface area (Å²) in [5, 5.41) is 19.0. The van der Waals surface area contributed by atoms with Crippen LogP contribution in [0.5, 0.6) is 0 Å². The molecule has 0 saturated carbocycles. The average molecular weight is 252 g/mol. The van der Waals surface area contributed by atoms with Crippen molar-refractivity contribution in [2.24, 2.45) is 0 Å². The molecule has 1 atom stereocenters. The number of thiophene rings is 1. The van der Waals surface area contributed by atoms with Crippen LogP contribution in [0.15, 0.2) is 22.0 Å². The summed E-state index contributed by atoms with van der Waals surface area (Å²) in [6, 6.07) is 3.88. The van der Waals surface area contributed by atoms with Crippen molar-refractivity contribution in [2.45, 2.75) is 26.5 Å². The predicted octanol–water partition coefficient (Wildman–Crippen LogP) is 2.18. The smallest absolute Gasteiger partial charge is 0.138 e. The SMILES string of the molecule is Cc1noc(C)c1CNCC(O)c1cccs1. The number of hydrogen-bond donors (Lipinski definition) is 2. The normalized spacial score (nSPS) is 12.9. The van der Waals surface area contributed by atoms with Gasteiger partial charge in [0.15, 0.2) is 0 Å². The van der Waals surface area contributed by atoms with Crippen LogP contribution in [0.4, 0.5) is 0 Å². The largest absolute Gasteiger partial charge is 0.386 e. The molecule has 5 heteroatoms. The summed E-state index contributed by atoms with van der Waals surface area (Å²) in [7, 11) is 0. The van der Waals surface area contributed by atoms with Gasteiger partial charge >= 0.3 is 0 Å². The van der Waals surface area contributed by atoms with E-state index in [-0.39, 0.29) is 0 Å². The van der Waals surface area contributed by atoms with Gasteiger partial charge in [-0.1, -0.05) is 11.2 Å². The van der Waals surface area contributed by atoms with Crippen LogP contribution in [0, 0.1) is 13.8 Å². The molecule has 0 fully saturated rings. The van der Waals surface area contributed by atoms with Gasteiger partial charge < -0.3 is 14.9 Å². The van der Waals surface area contributed by atoms with Gasteiger partial charge in [0.2, 0.25) is 0 Å². The highest BCUT2D eigenvalue weighted by molar-refractivity contribution is 7.10. The lowest BCUT2D eigenvalue weighted by molar-refractivity contribution is 0.178. The van der Waals surface area contributed by atoms with Crippen LogP contribution in [-0.4, -0.2) is 16.8 Å². The summed E-state index contributed by atoms with van der Waals surface area (Å²) in [4.78, 5) is 0.983. The Bertz CT molecular complexity index is 445. The predicted molar refractivity (Wildman–Crippen MR) is 67.0 cm³/mol. The second-order valence-corrected chi connectivity index (χ2v) is 4.94. The third kappa shape index (κ3) is 2.94. The maximum absolute atomic E-state index is 9.89. The van der Waals surface area contributed by atoms with Crippen molar-refractivity contribution in [3.8, 4) is 0 Å². The number of aliphatic hydroxyl groups is 1. The molecule has 2 rings (SSSR count). The van der Waals surface area contributed by atoms with Gasteiger partial charge in [-0.3, -0.25) is 0 Å². The molecule has 2 N–H and O–H groups in total. The number of hydrogen-bond acceptors (Lipinski definition) is 5. The minimum atomic E-state index is -0.449. The van der Waals surface area contributed by atoms with Crippen LogP contribution >= 0.6 is 11.3 Å². The Kier molecular flexibility index (Phi) is 3.93. The third-order valence-corrected chi connectivity index (χ3v) is 3.67. The van der Waals surface area contributed by atoms with Crippen LogP contribution in [-0.2, 0) is 6.54 Å². The Hall–Kier alpha value is -1.17. The van der Waals surface area contributed by atoms with Crippen LogP contribution in [0.3, 0.4) is 0 Å². The van der Waals surface area contributed by atoms with E-state index in [0.717, 1.165) is 21.9 Å². The van der Waals surface area contributed by atoms with E-state index in [0.29, 0.717) is 13.1 Å². The minimum absolute atomic E-state index is 0.449. The molecule has 0 bridgehead atoms. The fourth-order valence-corrected chi connectivity index (χ4v) is 2.38. The molecule has 0 aliphatic rings. The van der Waals surface area contributed by atoms with Crippen molar-refractivity contribution in [1.82, 2.24) is 10.5 Å². The van der Waals surface area contributed by atoms with E-state index in [1.54, 1.807) is 11.3 Å². The number of aliphatic hydroxyl groups excluding tert-OH is 1. The molecule has 1 unspecified atom stereocenters. The minimum Gasteiger partial charge on any atom is -0.386 e. The van der Waals surface area contributed by atoms with Gasteiger partial charge in [0.05, 0.1) is 5.69 Å². The van der Waals surface area contributed by atoms with Crippen molar-refractivity contribution in [1.29, 1.82) is 0 Å². The lowest BCUT2D eigenvalue weighted by Gasteiger charge is -2.09. The summed E-state index contributed by atoms with van der Waals surface area (Å²) < 4.78 is 5.07. The van der Waals surface area contributed by atoms with Crippen molar-refractivity contribution in [3.63, 3.8) is 0 Å². The van der Waals surface area contributed by atoms with Gasteiger partial charge in [-0.2, -0.15) is 0 Å². The van der Waals surface area contributed by atoms with Gasteiger partial charge in [-0.25, -0.2) is 0 Å². The molecule has 0 spiro atoms. The van der Waals surface area contributed by atoms with E-state index >= 15 is 0 Å². The monoisotopic (exact) mass is 252 g/mol. The van der Waals surface area contributed by atoms with E-state index in [4.69, 9.17) is 4.52 Å². The molecule has 0 saturated heterocycles. The van der Waals surface area contributed by atoms with Gasteiger partial charge in [0, 0.05) is 23.5 Å². The summed E-state index contributed by atoms with van der Waals surface area (Å²) in [5.74, 6) is 0.834.